The fourth-order valence-electron chi connectivity index (χ4n) is 2.75. The van der Waals surface area contributed by atoms with Gasteiger partial charge in [0, 0.05) is 19.4 Å². The van der Waals surface area contributed by atoms with Gasteiger partial charge < -0.3 is 35.3 Å². The van der Waals surface area contributed by atoms with Gasteiger partial charge in [0.05, 0.1) is 12.6 Å². The van der Waals surface area contributed by atoms with Crippen LogP contribution in [0.1, 0.15) is 45.4 Å². The maximum atomic E-state index is 12.6. The molecule has 198 valence electrons. The Morgan fingerprint density at radius 1 is 0.914 bits per heavy atom. The number of nitrogens with one attached hydrogen (secondary N) is 3. The Bertz CT molecular complexity index is 698. The first-order chi connectivity index (χ1) is 16.8. The molecule has 3 amide bonds. The highest BCUT2D eigenvalue weighted by atomic mass is 16.6. The van der Waals surface area contributed by atoms with Gasteiger partial charge in [0.25, 0.3) is 0 Å². The average Bonchev–Trinajstić information content (AvgIpc) is 2.85. The summed E-state index contributed by atoms with van der Waals surface area (Å²) in [6.45, 7) is 12.7. The van der Waals surface area contributed by atoms with E-state index in [4.69, 9.17) is 14.2 Å². The van der Waals surface area contributed by atoms with Gasteiger partial charge in [-0.15, -0.1) is 6.58 Å². The maximum Gasteiger partial charge on any atom is 0.329 e. The highest BCUT2D eigenvalue weighted by Gasteiger charge is 2.26. The van der Waals surface area contributed by atoms with Crippen molar-refractivity contribution in [1.82, 2.24) is 16.0 Å². The van der Waals surface area contributed by atoms with Crippen molar-refractivity contribution in [1.29, 1.82) is 0 Å². The van der Waals surface area contributed by atoms with Gasteiger partial charge >= 0.3 is 18.0 Å². The van der Waals surface area contributed by atoms with E-state index in [1.54, 1.807) is 6.92 Å². The highest BCUT2D eigenvalue weighted by molar-refractivity contribution is 5.83. The Balaban J connectivity index is 5.04. The Morgan fingerprint density at radius 2 is 1.57 bits per heavy atom. The smallest absolute Gasteiger partial charge is 0.329 e. The van der Waals surface area contributed by atoms with Gasteiger partial charge in [-0.25, -0.2) is 9.59 Å². The van der Waals surface area contributed by atoms with Gasteiger partial charge in [-0.05, 0) is 25.7 Å². The van der Waals surface area contributed by atoms with Gasteiger partial charge in [0.15, 0.2) is 6.29 Å². The molecule has 0 saturated heterocycles. The van der Waals surface area contributed by atoms with E-state index in [0.717, 1.165) is 0 Å². The number of unbranched alkanes of at least 4 members (excludes halogenated alkanes) is 1. The number of aliphatic hydroxyl groups excluding tert-OH is 1. The van der Waals surface area contributed by atoms with Crippen molar-refractivity contribution in [2.75, 3.05) is 26.4 Å². The molecule has 3 atom stereocenters. The van der Waals surface area contributed by atoms with E-state index in [-0.39, 0.29) is 45.0 Å². The number of carbonyl (C=O) groups is 4. The van der Waals surface area contributed by atoms with Crippen LogP contribution in [0.2, 0.25) is 0 Å². The van der Waals surface area contributed by atoms with E-state index in [1.165, 1.54) is 18.2 Å². The molecule has 0 aliphatic heterocycles. The number of hydrogen-bond acceptors (Lipinski definition) is 8. The lowest BCUT2D eigenvalue weighted by atomic mass is 10.1. The molecule has 0 rings (SSSR count). The minimum absolute atomic E-state index is 0.0183. The number of aliphatic hydroxyl groups is 1. The lowest BCUT2D eigenvalue weighted by Crippen LogP contribution is -2.53. The van der Waals surface area contributed by atoms with Crippen LogP contribution in [0.15, 0.2) is 38.0 Å². The molecule has 11 nitrogen and oxygen atoms in total. The lowest BCUT2D eigenvalue weighted by Gasteiger charge is -2.25. The normalized spacial score (nSPS) is 12.9. The quantitative estimate of drug-likeness (QED) is 0.0854. The number of urea groups is 1. The number of hydrogen-bond donors (Lipinski definition) is 4. The first-order valence-corrected chi connectivity index (χ1v) is 11.6. The molecule has 0 aromatic rings. The second kappa shape index (κ2) is 20.2. The van der Waals surface area contributed by atoms with Crippen LogP contribution in [-0.2, 0) is 28.6 Å². The Morgan fingerprint density at radius 3 is 2.20 bits per heavy atom. The first kappa shape index (κ1) is 31.8. The number of ether oxygens (including phenoxy) is 3. The predicted octanol–water partition coefficient (Wildman–Crippen LogP) is 1.48. The zero-order valence-corrected chi connectivity index (χ0v) is 20.5. The summed E-state index contributed by atoms with van der Waals surface area (Å²) in [5, 5.41) is 18.1. The Hall–Kier alpha value is -3.18. The number of esters is 2. The molecule has 35 heavy (non-hydrogen) atoms. The molecule has 0 aromatic heterocycles. The van der Waals surface area contributed by atoms with Crippen molar-refractivity contribution in [2.45, 2.75) is 63.8 Å². The largest absolute Gasteiger partial charge is 0.461 e. The predicted molar refractivity (Wildman–Crippen MR) is 130 cm³/mol. The second-order valence-electron chi connectivity index (χ2n) is 7.42. The summed E-state index contributed by atoms with van der Waals surface area (Å²) in [6, 6.07) is -2.70. The molecule has 0 spiro atoms. The topological polar surface area (TPSA) is 152 Å². The van der Waals surface area contributed by atoms with Crippen molar-refractivity contribution >= 4 is 23.9 Å². The van der Waals surface area contributed by atoms with Crippen molar-refractivity contribution < 1.29 is 38.5 Å². The molecule has 0 heterocycles. The zero-order chi connectivity index (χ0) is 26.5. The van der Waals surface area contributed by atoms with E-state index in [0.29, 0.717) is 25.8 Å². The van der Waals surface area contributed by atoms with Crippen molar-refractivity contribution in [2.24, 2.45) is 0 Å². The van der Waals surface area contributed by atoms with Crippen LogP contribution in [0.4, 0.5) is 4.79 Å². The molecule has 4 N–H and O–H groups in total. The van der Waals surface area contributed by atoms with Gasteiger partial charge in [0.1, 0.15) is 19.3 Å². The first-order valence-electron chi connectivity index (χ1n) is 11.6. The van der Waals surface area contributed by atoms with E-state index in [2.05, 4.69) is 35.7 Å². The van der Waals surface area contributed by atoms with Crippen molar-refractivity contribution in [3.8, 4) is 0 Å². The third kappa shape index (κ3) is 16.1. The molecule has 11 heteroatoms. The second-order valence-corrected chi connectivity index (χ2v) is 7.42. The molecule has 0 saturated carbocycles. The van der Waals surface area contributed by atoms with E-state index in [1.807, 2.05) is 0 Å². The van der Waals surface area contributed by atoms with E-state index in [9.17, 15) is 24.3 Å². The van der Waals surface area contributed by atoms with Crippen LogP contribution in [0.3, 0.4) is 0 Å². The summed E-state index contributed by atoms with van der Waals surface area (Å²) in [7, 11) is 0. The molecular weight excluding hydrogens is 458 g/mol. The Labute approximate surface area is 206 Å². The molecular formula is C24H39N3O8. The molecule has 0 aliphatic carbocycles. The number of rotatable bonds is 20. The standard InChI is InChI=1S/C24H39N3O8/c1-5-15-33-21(29)13-12-19(23(31)35-17-7-3)27-24(32)26-18(22(30)34-16-6-2)11-9-10-14-25-20(28)8-4/h5-7,18-19,23,31H,1-3,8-17H2,4H3,(H,25,28)(H2,26,27,32). The third-order valence-electron chi connectivity index (χ3n) is 4.56. The monoisotopic (exact) mass is 497 g/mol. The van der Waals surface area contributed by atoms with Crippen LogP contribution < -0.4 is 16.0 Å². The summed E-state index contributed by atoms with van der Waals surface area (Å²) in [6.07, 6.45) is 4.52. The fourth-order valence-corrected chi connectivity index (χ4v) is 2.75. The maximum absolute atomic E-state index is 12.6. The van der Waals surface area contributed by atoms with Crippen LogP contribution in [0.5, 0.6) is 0 Å². The minimum Gasteiger partial charge on any atom is -0.461 e. The fraction of sp³-hybridized carbons (Fsp3) is 0.583. The van der Waals surface area contributed by atoms with Gasteiger partial charge in [-0.3, -0.25) is 9.59 Å². The third-order valence-corrected chi connectivity index (χ3v) is 4.56. The molecule has 3 unspecified atom stereocenters. The molecule has 0 fully saturated rings. The summed E-state index contributed by atoms with van der Waals surface area (Å²) >= 11 is 0. The highest BCUT2D eigenvalue weighted by Crippen LogP contribution is 2.08. The van der Waals surface area contributed by atoms with Gasteiger partial charge in [0.2, 0.25) is 5.91 Å². The van der Waals surface area contributed by atoms with Gasteiger partial charge in [-0.2, -0.15) is 0 Å². The summed E-state index contributed by atoms with van der Waals surface area (Å²) in [4.78, 5) is 48.1. The molecule has 0 aliphatic rings. The van der Waals surface area contributed by atoms with Crippen LogP contribution in [0, 0.1) is 0 Å². The summed E-state index contributed by atoms with van der Waals surface area (Å²) in [5.41, 5.74) is 0. The van der Waals surface area contributed by atoms with Crippen molar-refractivity contribution in [3.63, 3.8) is 0 Å². The molecule has 0 radical (unpaired) electrons. The zero-order valence-electron chi connectivity index (χ0n) is 20.5. The molecule has 0 bridgehead atoms. The average molecular weight is 498 g/mol. The Kier molecular flexibility index (Phi) is 18.4. The summed E-state index contributed by atoms with van der Waals surface area (Å²) in [5.74, 6) is -1.25. The number of carbonyl (C=O) groups excluding carboxylic acids is 4. The molecule has 0 aromatic carbocycles. The van der Waals surface area contributed by atoms with E-state index < -0.39 is 36.3 Å². The lowest BCUT2D eigenvalue weighted by molar-refractivity contribution is -0.145. The van der Waals surface area contributed by atoms with Crippen LogP contribution >= 0.6 is 0 Å². The summed E-state index contributed by atoms with van der Waals surface area (Å²) < 4.78 is 15.2. The van der Waals surface area contributed by atoms with Crippen molar-refractivity contribution in [3.05, 3.63) is 38.0 Å². The van der Waals surface area contributed by atoms with Gasteiger partial charge in [-0.1, -0.05) is 38.3 Å². The van der Waals surface area contributed by atoms with E-state index >= 15 is 0 Å². The number of amides is 3. The SMILES string of the molecule is C=CCOC(=O)CCC(NC(=O)NC(CCCCNC(=O)CC)C(=O)OCC=C)C(O)OCC=C. The van der Waals surface area contributed by atoms with Crippen LogP contribution in [0.25, 0.3) is 0 Å². The van der Waals surface area contributed by atoms with Crippen LogP contribution in [-0.4, -0.2) is 73.7 Å². The minimum atomic E-state index is -1.43.